The van der Waals surface area contributed by atoms with Crippen LogP contribution in [-0.4, -0.2) is 49.3 Å². The fourth-order valence-corrected chi connectivity index (χ4v) is 1.57. The van der Waals surface area contributed by atoms with Gasteiger partial charge in [0.1, 0.15) is 0 Å². The number of aliphatic hydroxyl groups excluding tert-OH is 1. The highest BCUT2D eigenvalue weighted by Crippen LogP contribution is 2.24. The van der Waals surface area contributed by atoms with E-state index < -0.39 is 6.10 Å². The van der Waals surface area contributed by atoms with Crippen molar-refractivity contribution in [3.63, 3.8) is 0 Å². The number of rotatable bonds is 7. The Kier molecular flexibility index (Phi) is 5.88. The number of hydrogen-bond acceptors (Lipinski definition) is 5. The molecule has 1 atom stereocenters. The van der Waals surface area contributed by atoms with Gasteiger partial charge < -0.3 is 19.5 Å². The quantitative estimate of drug-likeness (QED) is 0.798. The normalized spacial score (nSPS) is 12.6. The van der Waals surface area contributed by atoms with Gasteiger partial charge in [-0.2, -0.15) is 4.98 Å². The van der Waals surface area contributed by atoms with Crippen molar-refractivity contribution >= 4 is 0 Å². The summed E-state index contributed by atoms with van der Waals surface area (Å²) >= 11 is 0. The van der Waals surface area contributed by atoms with Crippen LogP contribution in [0.3, 0.4) is 0 Å². The van der Waals surface area contributed by atoms with Crippen molar-refractivity contribution in [3.05, 3.63) is 17.7 Å². The van der Waals surface area contributed by atoms with E-state index in [9.17, 15) is 5.11 Å². The molecule has 0 spiro atoms. The molecule has 0 aliphatic heterocycles. The standard InChI is InChI=1S/C13H22N2O3/c1-5-18-13-9-10(8-12(14-13)17-4)11(16)6-7-15(2)3/h8-9,11,16H,5-7H2,1-4H3. The molecular weight excluding hydrogens is 232 g/mol. The van der Waals surface area contributed by atoms with Crippen molar-refractivity contribution in [2.24, 2.45) is 0 Å². The van der Waals surface area contributed by atoms with Crippen LogP contribution in [0.15, 0.2) is 12.1 Å². The first-order valence-electron chi connectivity index (χ1n) is 6.08. The molecule has 1 unspecified atom stereocenters. The van der Waals surface area contributed by atoms with Gasteiger partial charge in [-0.15, -0.1) is 0 Å². The van der Waals surface area contributed by atoms with Gasteiger partial charge in [-0.05, 0) is 33.0 Å². The second-order valence-electron chi connectivity index (χ2n) is 4.32. The second-order valence-corrected chi connectivity index (χ2v) is 4.32. The molecule has 0 fully saturated rings. The largest absolute Gasteiger partial charge is 0.481 e. The van der Waals surface area contributed by atoms with Gasteiger partial charge in [-0.1, -0.05) is 0 Å². The van der Waals surface area contributed by atoms with Crippen LogP contribution in [0.1, 0.15) is 25.0 Å². The molecule has 1 heterocycles. The summed E-state index contributed by atoms with van der Waals surface area (Å²) in [6, 6.07) is 3.50. The molecule has 102 valence electrons. The minimum Gasteiger partial charge on any atom is -0.481 e. The maximum absolute atomic E-state index is 10.1. The lowest BCUT2D eigenvalue weighted by atomic mass is 10.1. The summed E-state index contributed by atoms with van der Waals surface area (Å²) in [6.07, 6.45) is 0.120. The van der Waals surface area contributed by atoms with Gasteiger partial charge in [-0.25, -0.2) is 0 Å². The van der Waals surface area contributed by atoms with Crippen LogP contribution in [0.2, 0.25) is 0 Å². The van der Waals surface area contributed by atoms with Crippen LogP contribution < -0.4 is 9.47 Å². The molecule has 0 aliphatic rings. The van der Waals surface area contributed by atoms with Crippen molar-refractivity contribution in [3.8, 4) is 11.8 Å². The zero-order valence-electron chi connectivity index (χ0n) is 11.5. The summed E-state index contributed by atoms with van der Waals surface area (Å²) in [4.78, 5) is 6.19. The summed E-state index contributed by atoms with van der Waals surface area (Å²) in [5.41, 5.74) is 0.771. The van der Waals surface area contributed by atoms with Gasteiger partial charge in [-0.3, -0.25) is 0 Å². The molecule has 1 N–H and O–H groups in total. The summed E-state index contributed by atoms with van der Waals surface area (Å²) in [5, 5.41) is 10.1. The topological polar surface area (TPSA) is 54.8 Å². The molecule has 1 aromatic heterocycles. The SMILES string of the molecule is CCOc1cc(C(O)CCN(C)C)cc(OC)n1. The molecule has 0 amide bonds. The fraction of sp³-hybridized carbons (Fsp3) is 0.615. The van der Waals surface area contributed by atoms with Crippen molar-refractivity contribution in [2.45, 2.75) is 19.4 Å². The Balaban J connectivity index is 2.82. The van der Waals surface area contributed by atoms with Crippen LogP contribution in [0.25, 0.3) is 0 Å². The highest BCUT2D eigenvalue weighted by molar-refractivity contribution is 5.30. The van der Waals surface area contributed by atoms with Crippen molar-refractivity contribution in [1.82, 2.24) is 9.88 Å². The lowest BCUT2D eigenvalue weighted by Crippen LogP contribution is -2.16. The number of hydrogen-bond donors (Lipinski definition) is 1. The van der Waals surface area contributed by atoms with E-state index in [0.717, 1.165) is 12.1 Å². The van der Waals surface area contributed by atoms with Crippen LogP contribution in [0.5, 0.6) is 11.8 Å². The third-order valence-electron chi connectivity index (χ3n) is 2.54. The van der Waals surface area contributed by atoms with Gasteiger partial charge in [0.2, 0.25) is 11.8 Å². The molecule has 18 heavy (non-hydrogen) atoms. The maximum atomic E-state index is 10.1. The van der Waals surface area contributed by atoms with Crippen LogP contribution >= 0.6 is 0 Å². The smallest absolute Gasteiger partial charge is 0.216 e. The number of methoxy groups -OCH3 is 1. The first kappa shape index (κ1) is 14.7. The van der Waals surface area contributed by atoms with Gasteiger partial charge in [0.15, 0.2) is 0 Å². The molecule has 0 saturated heterocycles. The van der Waals surface area contributed by atoms with E-state index in [1.54, 1.807) is 19.2 Å². The molecule has 0 aliphatic carbocycles. The Morgan fingerprint density at radius 2 is 2.00 bits per heavy atom. The second kappa shape index (κ2) is 7.18. The minimum absolute atomic E-state index is 0.458. The number of aliphatic hydroxyl groups is 1. The third kappa shape index (κ3) is 4.50. The fourth-order valence-electron chi connectivity index (χ4n) is 1.57. The van der Waals surface area contributed by atoms with E-state index in [-0.39, 0.29) is 0 Å². The average Bonchev–Trinajstić information content (AvgIpc) is 2.35. The van der Waals surface area contributed by atoms with Crippen molar-refractivity contribution < 1.29 is 14.6 Å². The van der Waals surface area contributed by atoms with E-state index >= 15 is 0 Å². The van der Waals surface area contributed by atoms with Crippen LogP contribution in [0, 0.1) is 0 Å². The summed E-state index contributed by atoms with van der Waals surface area (Å²) in [6.45, 7) is 3.24. The molecule has 5 heteroatoms. The highest BCUT2D eigenvalue weighted by atomic mass is 16.5. The van der Waals surface area contributed by atoms with Crippen LogP contribution in [0.4, 0.5) is 0 Å². The average molecular weight is 254 g/mol. The van der Waals surface area contributed by atoms with Gasteiger partial charge in [0.25, 0.3) is 0 Å². The summed E-state index contributed by atoms with van der Waals surface area (Å²) in [7, 11) is 5.50. The Morgan fingerprint density at radius 1 is 1.33 bits per heavy atom. The Labute approximate surface area is 108 Å². The van der Waals surface area contributed by atoms with E-state index in [0.29, 0.717) is 24.8 Å². The van der Waals surface area contributed by atoms with E-state index in [4.69, 9.17) is 9.47 Å². The van der Waals surface area contributed by atoms with Gasteiger partial charge >= 0.3 is 0 Å². The molecule has 5 nitrogen and oxygen atoms in total. The molecule has 0 radical (unpaired) electrons. The summed E-state index contributed by atoms with van der Waals surface area (Å²) in [5.74, 6) is 0.940. The van der Waals surface area contributed by atoms with Crippen LogP contribution in [-0.2, 0) is 0 Å². The van der Waals surface area contributed by atoms with Gasteiger partial charge in [0.05, 0.1) is 19.8 Å². The number of aromatic nitrogens is 1. The monoisotopic (exact) mass is 254 g/mol. The molecule has 1 aromatic rings. The lowest BCUT2D eigenvalue weighted by molar-refractivity contribution is 0.153. The van der Waals surface area contributed by atoms with Crippen molar-refractivity contribution in [1.29, 1.82) is 0 Å². The predicted octanol–water partition coefficient (Wildman–Crippen LogP) is 1.47. The Hall–Kier alpha value is -1.33. The first-order chi connectivity index (χ1) is 8.56. The molecule has 0 saturated carbocycles. The van der Waals surface area contributed by atoms with Crippen molar-refractivity contribution in [2.75, 3.05) is 34.4 Å². The Morgan fingerprint density at radius 3 is 2.56 bits per heavy atom. The van der Waals surface area contributed by atoms with Gasteiger partial charge in [0, 0.05) is 18.7 Å². The molecule has 1 rings (SSSR count). The minimum atomic E-state index is -0.538. The zero-order chi connectivity index (χ0) is 13.5. The third-order valence-corrected chi connectivity index (χ3v) is 2.54. The molecule has 0 aromatic carbocycles. The maximum Gasteiger partial charge on any atom is 0.216 e. The zero-order valence-corrected chi connectivity index (χ0v) is 11.5. The number of nitrogens with zero attached hydrogens (tertiary/aromatic N) is 2. The predicted molar refractivity (Wildman–Crippen MR) is 70.1 cm³/mol. The highest BCUT2D eigenvalue weighted by Gasteiger charge is 2.12. The molecular formula is C13H22N2O3. The first-order valence-corrected chi connectivity index (χ1v) is 6.08. The number of pyridine rings is 1. The molecule has 0 bridgehead atoms. The van der Waals surface area contributed by atoms with E-state index in [1.165, 1.54) is 0 Å². The summed E-state index contributed by atoms with van der Waals surface area (Å²) < 4.78 is 10.5. The Bertz CT molecular complexity index is 369. The lowest BCUT2D eigenvalue weighted by Gasteiger charge is -2.16. The number of ether oxygens (including phenoxy) is 2. The van der Waals surface area contributed by atoms with E-state index in [1.807, 2.05) is 25.9 Å². The van der Waals surface area contributed by atoms with E-state index in [2.05, 4.69) is 4.98 Å².